The van der Waals surface area contributed by atoms with E-state index in [1.165, 1.54) is 6.92 Å². The van der Waals surface area contributed by atoms with Crippen LogP contribution in [-0.4, -0.2) is 34.9 Å². The van der Waals surface area contributed by atoms with Crippen molar-refractivity contribution in [3.8, 4) is 0 Å². The minimum absolute atomic E-state index is 0.00361. The molecule has 3 saturated carbocycles. The zero-order chi connectivity index (χ0) is 23.4. The quantitative estimate of drug-likeness (QED) is 0.512. The highest BCUT2D eigenvalue weighted by Crippen LogP contribution is 2.65. The topological polar surface area (TPSA) is 72.8 Å². The van der Waals surface area contributed by atoms with Crippen molar-refractivity contribution < 1.29 is 24.2 Å². The molecule has 0 saturated heterocycles. The highest BCUT2D eigenvalue weighted by Gasteiger charge is 2.63. The molecule has 4 aliphatic rings. The molecular formula is C28H36O5. The molecule has 8 atom stereocenters. The molecule has 5 heteroatoms. The van der Waals surface area contributed by atoms with Crippen LogP contribution in [0.3, 0.4) is 0 Å². The number of aliphatic hydroxyl groups is 1. The highest BCUT2D eigenvalue weighted by molar-refractivity contribution is 5.89. The summed E-state index contributed by atoms with van der Waals surface area (Å²) in [5.41, 5.74) is -0.670. The number of hydrogen-bond acceptors (Lipinski definition) is 5. The average molecular weight is 453 g/mol. The maximum absolute atomic E-state index is 12.6. The summed E-state index contributed by atoms with van der Waals surface area (Å²) in [6.45, 7) is 6.04. The maximum Gasteiger partial charge on any atom is 0.338 e. The van der Waals surface area contributed by atoms with E-state index in [-0.39, 0.29) is 35.0 Å². The number of hydrogen-bond donors (Lipinski definition) is 1. The summed E-state index contributed by atoms with van der Waals surface area (Å²) in [6, 6.07) is 9.07. The lowest BCUT2D eigenvalue weighted by atomic mass is 9.45. The first-order valence-corrected chi connectivity index (χ1v) is 12.5. The van der Waals surface area contributed by atoms with Gasteiger partial charge in [0.05, 0.1) is 11.2 Å². The molecule has 4 aliphatic carbocycles. The second kappa shape index (κ2) is 7.97. The molecule has 33 heavy (non-hydrogen) atoms. The standard InChI is InChI=1S/C28H36O5/c1-18(29)32-24-10-9-22-21-12-16-28(31)17-20(33-25(30)19-7-5-4-6-8-19)11-15-27(28,3)23(21)13-14-26(22,24)2/h4-8,12,16,20-24,31H,9-11,13-15,17H2,1-3H3/t20?,21-,22-,23+,24?,26-,27+,28?/m0/s1. The Balaban J connectivity index is 1.35. The fourth-order valence-electron chi connectivity index (χ4n) is 7.84. The third-order valence-corrected chi connectivity index (χ3v) is 9.76. The predicted molar refractivity (Wildman–Crippen MR) is 124 cm³/mol. The molecule has 178 valence electrons. The fourth-order valence-corrected chi connectivity index (χ4v) is 7.84. The number of benzene rings is 1. The summed E-state index contributed by atoms with van der Waals surface area (Å²) >= 11 is 0. The summed E-state index contributed by atoms with van der Waals surface area (Å²) in [4.78, 5) is 24.3. The number of rotatable bonds is 3. The van der Waals surface area contributed by atoms with Crippen LogP contribution in [0.1, 0.15) is 76.1 Å². The van der Waals surface area contributed by atoms with Gasteiger partial charge in [-0.25, -0.2) is 4.79 Å². The first-order chi connectivity index (χ1) is 15.7. The summed E-state index contributed by atoms with van der Waals surface area (Å²) in [7, 11) is 0. The van der Waals surface area contributed by atoms with Crippen molar-refractivity contribution in [1.29, 1.82) is 0 Å². The lowest BCUT2D eigenvalue weighted by Crippen LogP contribution is -2.61. The number of allylic oxidation sites excluding steroid dienone is 1. The summed E-state index contributed by atoms with van der Waals surface area (Å²) in [5.74, 6) is 0.728. The van der Waals surface area contributed by atoms with Crippen LogP contribution in [0, 0.1) is 28.6 Å². The summed E-state index contributed by atoms with van der Waals surface area (Å²) < 4.78 is 11.6. The van der Waals surface area contributed by atoms with Gasteiger partial charge in [-0.1, -0.05) is 44.2 Å². The van der Waals surface area contributed by atoms with Crippen molar-refractivity contribution in [2.75, 3.05) is 0 Å². The Kier molecular flexibility index (Phi) is 5.47. The third-order valence-electron chi connectivity index (χ3n) is 9.76. The van der Waals surface area contributed by atoms with E-state index in [9.17, 15) is 14.7 Å². The molecule has 3 unspecified atom stereocenters. The first kappa shape index (κ1) is 22.6. The SMILES string of the molecule is CC(=O)OC1CC[C@H]2[C@@H]3C=CC4(O)CC(OC(=O)c5ccccc5)CC[C@]4(C)[C@@H]3CC[C@]12C. The van der Waals surface area contributed by atoms with Crippen molar-refractivity contribution in [2.45, 2.75) is 83.5 Å². The highest BCUT2D eigenvalue weighted by atomic mass is 16.5. The maximum atomic E-state index is 12.6. The molecule has 5 nitrogen and oxygen atoms in total. The van der Waals surface area contributed by atoms with E-state index in [0.29, 0.717) is 29.7 Å². The van der Waals surface area contributed by atoms with E-state index in [1.807, 2.05) is 24.3 Å². The van der Waals surface area contributed by atoms with Gasteiger partial charge in [0.2, 0.25) is 0 Å². The molecular weight excluding hydrogens is 416 g/mol. The van der Waals surface area contributed by atoms with Gasteiger partial charge in [-0.2, -0.15) is 0 Å². The Hall–Kier alpha value is -2.14. The van der Waals surface area contributed by atoms with Crippen LogP contribution >= 0.6 is 0 Å². The van der Waals surface area contributed by atoms with Crippen LogP contribution in [0.15, 0.2) is 42.5 Å². The van der Waals surface area contributed by atoms with Crippen LogP contribution < -0.4 is 0 Å². The number of ether oxygens (including phenoxy) is 2. The van der Waals surface area contributed by atoms with Gasteiger partial charge in [-0.15, -0.1) is 0 Å². The van der Waals surface area contributed by atoms with Gasteiger partial charge in [-0.05, 0) is 68.4 Å². The summed E-state index contributed by atoms with van der Waals surface area (Å²) in [6.07, 6.45) is 10.0. The first-order valence-electron chi connectivity index (χ1n) is 12.5. The van der Waals surface area contributed by atoms with Crippen molar-refractivity contribution >= 4 is 11.9 Å². The average Bonchev–Trinajstić information content (AvgIpc) is 3.11. The van der Waals surface area contributed by atoms with Crippen LogP contribution in [0.2, 0.25) is 0 Å². The second-order valence-electron chi connectivity index (χ2n) is 11.3. The smallest absolute Gasteiger partial charge is 0.338 e. The molecule has 1 aromatic rings. The lowest BCUT2D eigenvalue weighted by Gasteiger charge is -2.61. The molecule has 1 aromatic carbocycles. The predicted octanol–water partition coefficient (Wildman–Crippen LogP) is 5.08. The normalized spacial score (nSPS) is 43.7. The van der Waals surface area contributed by atoms with Crippen LogP contribution in [0.4, 0.5) is 0 Å². The van der Waals surface area contributed by atoms with Gasteiger partial charge >= 0.3 is 11.9 Å². The molecule has 0 aliphatic heterocycles. The Morgan fingerprint density at radius 2 is 1.73 bits per heavy atom. The van der Waals surface area contributed by atoms with E-state index in [0.717, 1.165) is 38.5 Å². The molecule has 5 rings (SSSR count). The van der Waals surface area contributed by atoms with Crippen molar-refractivity contribution in [1.82, 2.24) is 0 Å². The summed E-state index contributed by atoms with van der Waals surface area (Å²) in [5, 5.41) is 11.9. The van der Waals surface area contributed by atoms with Crippen LogP contribution in [0.5, 0.6) is 0 Å². The molecule has 0 amide bonds. The van der Waals surface area contributed by atoms with Gasteiger partial charge in [0.25, 0.3) is 0 Å². The lowest BCUT2D eigenvalue weighted by molar-refractivity contribution is -0.175. The van der Waals surface area contributed by atoms with Crippen LogP contribution in [0.25, 0.3) is 0 Å². The van der Waals surface area contributed by atoms with Crippen molar-refractivity contribution in [3.63, 3.8) is 0 Å². The fraction of sp³-hybridized carbons (Fsp3) is 0.643. The van der Waals surface area contributed by atoms with Gasteiger partial charge in [-0.3, -0.25) is 4.79 Å². The van der Waals surface area contributed by atoms with Gasteiger partial charge in [0.1, 0.15) is 12.2 Å². The van der Waals surface area contributed by atoms with Crippen molar-refractivity contribution in [3.05, 3.63) is 48.0 Å². The Labute approximate surface area is 196 Å². The largest absolute Gasteiger partial charge is 0.462 e. The minimum Gasteiger partial charge on any atom is -0.462 e. The Morgan fingerprint density at radius 3 is 2.45 bits per heavy atom. The minimum atomic E-state index is -0.977. The monoisotopic (exact) mass is 452 g/mol. The van der Waals surface area contributed by atoms with E-state index in [4.69, 9.17) is 9.47 Å². The molecule has 0 aromatic heterocycles. The number of fused-ring (bicyclic) bond motifs is 5. The van der Waals surface area contributed by atoms with Gasteiger partial charge in [0, 0.05) is 24.2 Å². The van der Waals surface area contributed by atoms with E-state index in [2.05, 4.69) is 19.9 Å². The van der Waals surface area contributed by atoms with E-state index in [1.54, 1.807) is 12.1 Å². The number of carbonyl (C=O) groups excluding carboxylic acids is 2. The molecule has 3 fully saturated rings. The third kappa shape index (κ3) is 3.54. The molecule has 0 spiro atoms. The van der Waals surface area contributed by atoms with E-state index >= 15 is 0 Å². The number of esters is 2. The molecule has 1 N–H and O–H groups in total. The van der Waals surface area contributed by atoms with Gasteiger partial charge < -0.3 is 14.6 Å². The van der Waals surface area contributed by atoms with E-state index < -0.39 is 5.60 Å². The van der Waals surface area contributed by atoms with Crippen LogP contribution in [-0.2, 0) is 14.3 Å². The molecule has 0 radical (unpaired) electrons. The second-order valence-corrected chi connectivity index (χ2v) is 11.3. The molecule has 0 heterocycles. The molecule has 0 bridgehead atoms. The zero-order valence-electron chi connectivity index (χ0n) is 20.0. The Bertz CT molecular complexity index is 956. The number of carbonyl (C=O) groups is 2. The van der Waals surface area contributed by atoms with Crippen molar-refractivity contribution in [2.24, 2.45) is 28.6 Å². The Morgan fingerprint density at radius 1 is 0.970 bits per heavy atom. The zero-order valence-corrected chi connectivity index (χ0v) is 20.0. The van der Waals surface area contributed by atoms with Gasteiger partial charge in [0.15, 0.2) is 0 Å².